The Balaban J connectivity index is 1.92. The molecule has 0 aliphatic heterocycles. The number of rotatable bonds is 2. The lowest BCUT2D eigenvalue weighted by molar-refractivity contribution is 1.00. The van der Waals surface area contributed by atoms with E-state index in [4.69, 9.17) is 0 Å². The van der Waals surface area contributed by atoms with Crippen LogP contribution >= 0.6 is 11.8 Å². The summed E-state index contributed by atoms with van der Waals surface area (Å²) >= 11 is 1.59. The van der Waals surface area contributed by atoms with Crippen molar-refractivity contribution < 1.29 is 0 Å². The summed E-state index contributed by atoms with van der Waals surface area (Å²) in [6, 6.07) is 16.4. The van der Waals surface area contributed by atoms with Gasteiger partial charge in [0.25, 0.3) is 0 Å². The second kappa shape index (κ2) is 4.78. The van der Waals surface area contributed by atoms with E-state index in [2.05, 4.69) is 41.2 Å². The van der Waals surface area contributed by atoms with Crippen molar-refractivity contribution in [3.63, 3.8) is 0 Å². The van der Waals surface area contributed by atoms with Crippen molar-refractivity contribution in [1.82, 2.24) is 9.97 Å². The molecule has 3 heteroatoms. The Bertz CT molecular complexity index is 677. The minimum absolute atomic E-state index is 0.789. The SMILES string of the molecule is Cc1ccc(Sc2ncc3ccccc3n2)cc1. The van der Waals surface area contributed by atoms with E-state index in [0.29, 0.717) is 0 Å². The third-order valence-corrected chi connectivity index (χ3v) is 3.58. The molecule has 3 aromatic rings. The highest BCUT2D eigenvalue weighted by molar-refractivity contribution is 7.99. The van der Waals surface area contributed by atoms with Gasteiger partial charge in [-0.3, -0.25) is 0 Å². The van der Waals surface area contributed by atoms with E-state index in [1.165, 1.54) is 5.56 Å². The summed E-state index contributed by atoms with van der Waals surface area (Å²) < 4.78 is 0. The van der Waals surface area contributed by atoms with Crippen molar-refractivity contribution in [2.75, 3.05) is 0 Å². The highest BCUT2D eigenvalue weighted by Gasteiger charge is 2.02. The van der Waals surface area contributed by atoms with Gasteiger partial charge in [0.1, 0.15) is 0 Å². The molecule has 0 unspecified atom stereocenters. The number of hydrogen-bond donors (Lipinski definition) is 0. The average Bonchev–Trinajstić information content (AvgIpc) is 2.41. The fourth-order valence-electron chi connectivity index (χ4n) is 1.72. The van der Waals surface area contributed by atoms with Crippen LogP contribution in [0.1, 0.15) is 5.56 Å². The number of aryl methyl sites for hydroxylation is 1. The summed E-state index contributed by atoms with van der Waals surface area (Å²) in [5.41, 5.74) is 2.25. The summed E-state index contributed by atoms with van der Waals surface area (Å²) in [5.74, 6) is 0. The standard InChI is InChI=1S/C15H12N2S/c1-11-6-8-13(9-7-11)18-15-16-10-12-4-2-3-5-14(12)17-15/h2-10H,1H3. The highest BCUT2D eigenvalue weighted by atomic mass is 32.2. The van der Waals surface area contributed by atoms with Crippen LogP contribution in [0.2, 0.25) is 0 Å². The van der Waals surface area contributed by atoms with Crippen LogP contribution in [0.25, 0.3) is 10.9 Å². The van der Waals surface area contributed by atoms with Crippen molar-refractivity contribution in [3.05, 3.63) is 60.3 Å². The zero-order chi connectivity index (χ0) is 12.4. The number of benzene rings is 2. The molecule has 0 N–H and O–H groups in total. The third-order valence-electron chi connectivity index (χ3n) is 2.70. The fraction of sp³-hybridized carbons (Fsp3) is 0.0667. The van der Waals surface area contributed by atoms with Crippen LogP contribution in [0.15, 0.2) is 64.8 Å². The largest absolute Gasteiger partial charge is 0.230 e. The van der Waals surface area contributed by atoms with Gasteiger partial charge in [-0.05, 0) is 36.9 Å². The van der Waals surface area contributed by atoms with Gasteiger partial charge in [0, 0.05) is 16.5 Å². The molecule has 0 saturated carbocycles. The average molecular weight is 252 g/mol. The van der Waals surface area contributed by atoms with E-state index in [1.807, 2.05) is 30.5 Å². The maximum absolute atomic E-state index is 4.54. The summed E-state index contributed by atoms with van der Waals surface area (Å²) in [6.07, 6.45) is 1.87. The molecule has 2 aromatic carbocycles. The van der Waals surface area contributed by atoms with Crippen LogP contribution in [0.3, 0.4) is 0 Å². The first-order chi connectivity index (χ1) is 8.81. The topological polar surface area (TPSA) is 25.8 Å². The van der Waals surface area contributed by atoms with E-state index in [1.54, 1.807) is 11.8 Å². The Kier molecular flexibility index (Phi) is 2.99. The molecule has 18 heavy (non-hydrogen) atoms. The first-order valence-corrected chi connectivity index (χ1v) is 6.59. The molecule has 0 saturated heterocycles. The van der Waals surface area contributed by atoms with E-state index < -0.39 is 0 Å². The van der Waals surface area contributed by atoms with Crippen molar-refractivity contribution in [2.45, 2.75) is 17.0 Å². The summed E-state index contributed by atoms with van der Waals surface area (Å²) in [4.78, 5) is 10.1. The highest BCUT2D eigenvalue weighted by Crippen LogP contribution is 2.25. The molecule has 0 amide bonds. The van der Waals surface area contributed by atoms with E-state index in [-0.39, 0.29) is 0 Å². The van der Waals surface area contributed by atoms with Crippen LogP contribution in [0.4, 0.5) is 0 Å². The number of hydrogen-bond acceptors (Lipinski definition) is 3. The number of nitrogens with zero attached hydrogens (tertiary/aromatic N) is 2. The summed E-state index contributed by atoms with van der Waals surface area (Å²) in [7, 11) is 0. The van der Waals surface area contributed by atoms with Crippen LogP contribution in [-0.4, -0.2) is 9.97 Å². The molecular weight excluding hydrogens is 240 g/mol. The minimum Gasteiger partial charge on any atom is -0.230 e. The van der Waals surface area contributed by atoms with Crippen molar-refractivity contribution in [1.29, 1.82) is 0 Å². The first-order valence-electron chi connectivity index (χ1n) is 5.77. The van der Waals surface area contributed by atoms with Gasteiger partial charge >= 0.3 is 0 Å². The van der Waals surface area contributed by atoms with Gasteiger partial charge in [-0.25, -0.2) is 9.97 Å². The van der Waals surface area contributed by atoms with Gasteiger partial charge in [0.2, 0.25) is 0 Å². The van der Waals surface area contributed by atoms with Crippen LogP contribution in [0.5, 0.6) is 0 Å². The molecule has 0 aliphatic rings. The van der Waals surface area contributed by atoms with Crippen molar-refractivity contribution in [2.24, 2.45) is 0 Å². The Hall–Kier alpha value is -1.87. The van der Waals surface area contributed by atoms with E-state index in [9.17, 15) is 0 Å². The molecule has 0 bridgehead atoms. The van der Waals surface area contributed by atoms with Gasteiger partial charge in [-0.1, -0.05) is 35.9 Å². The second-order valence-corrected chi connectivity index (χ2v) is 5.17. The van der Waals surface area contributed by atoms with Gasteiger partial charge in [0.15, 0.2) is 5.16 Å². The minimum atomic E-state index is 0.789. The molecule has 0 radical (unpaired) electrons. The van der Waals surface area contributed by atoms with Gasteiger partial charge in [-0.15, -0.1) is 0 Å². The van der Waals surface area contributed by atoms with Gasteiger partial charge in [-0.2, -0.15) is 0 Å². The van der Waals surface area contributed by atoms with Crippen molar-refractivity contribution in [3.8, 4) is 0 Å². The molecule has 1 heterocycles. The van der Waals surface area contributed by atoms with E-state index >= 15 is 0 Å². The van der Waals surface area contributed by atoms with Crippen LogP contribution in [0, 0.1) is 6.92 Å². The zero-order valence-corrected chi connectivity index (χ0v) is 10.8. The molecule has 3 rings (SSSR count). The molecule has 88 valence electrons. The lowest BCUT2D eigenvalue weighted by atomic mass is 10.2. The normalized spacial score (nSPS) is 10.7. The van der Waals surface area contributed by atoms with Gasteiger partial charge in [0.05, 0.1) is 5.52 Å². The molecular formula is C15H12N2S. The zero-order valence-electron chi connectivity index (χ0n) is 10.00. The number of para-hydroxylation sites is 1. The lowest BCUT2D eigenvalue weighted by Crippen LogP contribution is -1.87. The summed E-state index contributed by atoms with van der Waals surface area (Å²) in [5, 5.41) is 1.86. The molecule has 0 fully saturated rings. The summed E-state index contributed by atoms with van der Waals surface area (Å²) in [6.45, 7) is 2.08. The molecule has 2 nitrogen and oxygen atoms in total. The Morgan fingerprint density at radius 1 is 0.944 bits per heavy atom. The van der Waals surface area contributed by atoms with Gasteiger partial charge < -0.3 is 0 Å². The Morgan fingerprint density at radius 2 is 1.72 bits per heavy atom. The quantitative estimate of drug-likeness (QED) is 0.642. The van der Waals surface area contributed by atoms with E-state index in [0.717, 1.165) is 21.0 Å². The lowest BCUT2D eigenvalue weighted by Gasteiger charge is -2.02. The molecule has 0 spiro atoms. The first kappa shape index (κ1) is 11.2. The number of fused-ring (bicyclic) bond motifs is 1. The Morgan fingerprint density at radius 3 is 2.56 bits per heavy atom. The maximum atomic E-state index is 4.54. The maximum Gasteiger partial charge on any atom is 0.192 e. The number of aromatic nitrogens is 2. The van der Waals surface area contributed by atoms with Crippen LogP contribution < -0.4 is 0 Å². The fourth-order valence-corrected chi connectivity index (χ4v) is 2.45. The smallest absolute Gasteiger partial charge is 0.192 e. The predicted octanol–water partition coefficient (Wildman–Crippen LogP) is 4.09. The third kappa shape index (κ3) is 2.36. The molecule has 0 aliphatic carbocycles. The second-order valence-electron chi connectivity index (χ2n) is 4.13. The molecule has 1 aromatic heterocycles. The molecule has 0 atom stereocenters. The monoisotopic (exact) mass is 252 g/mol. The predicted molar refractivity (Wildman–Crippen MR) is 74.8 cm³/mol. The Labute approximate surface area is 110 Å². The van der Waals surface area contributed by atoms with Crippen LogP contribution in [-0.2, 0) is 0 Å². The van der Waals surface area contributed by atoms with Crippen molar-refractivity contribution >= 4 is 22.7 Å².